The molecule has 0 aliphatic heterocycles. The molecule has 2 aromatic rings. The predicted molar refractivity (Wildman–Crippen MR) is 98.8 cm³/mol. The maximum absolute atomic E-state index is 12.1. The summed E-state index contributed by atoms with van der Waals surface area (Å²) in [5, 5.41) is 14.2. The Balaban J connectivity index is 2.16. The fraction of sp³-hybridized carbons (Fsp3) is 0.389. The number of benzene rings is 1. The Kier molecular flexibility index (Phi) is 6.57. The third-order valence-electron chi connectivity index (χ3n) is 3.78. The second kappa shape index (κ2) is 8.66. The zero-order chi connectivity index (χ0) is 19.3. The van der Waals surface area contributed by atoms with Crippen molar-refractivity contribution in [3.63, 3.8) is 0 Å². The molecular weight excluding hydrogens is 356 g/mol. The summed E-state index contributed by atoms with van der Waals surface area (Å²) in [6.45, 7) is 3.49. The first-order chi connectivity index (χ1) is 12.4. The highest BCUT2D eigenvalue weighted by Gasteiger charge is 2.24. The molecule has 0 bridgehead atoms. The van der Waals surface area contributed by atoms with Crippen molar-refractivity contribution < 1.29 is 24.2 Å². The highest BCUT2D eigenvalue weighted by molar-refractivity contribution is 7.13. The molecule has 7 nitrogen and oxygen atoms in total. The maximum atomic E-state index is 12.1. The van der Waals surface area contributed by atoms with Crippen LogP contribution in [-0.2, 0) is 16.0 Å². The lowest BCUT2D eigenvalue weighted by Gasteiger charge is -2.17. The standard InChI is InChI=1S/C18H22N2O5S/c1-10(2)15(18(22)23)20-14(21)8-11-9-26-17(19-11)12-6-5-7-13(24-3)16(12)25-4/h5-7,9-10,15H,8H2,1-4H3,(H,20,21)(H,22,23). The number of methoxy groups -OCH3 is 2. The van der Waals surface area contributed by atoms with Gasteiger partial charge in [-0.1, -0.05) is 19.9 Å². The first kappa shape index (κ1) is 19.7. The van der Waals surface area contributed by atoms with Gasteiger partial charge < -0.3 is 19.9 Å². The van der Waals surface area contributed by atoms with E-state index >= 15 is 0 Å². The lowest BCUT2D eigenvalue weighted by molar-refractivity contribution is -0.143. The number of carboxylic acids is 1. The van der Waals surface area contributed by atoms with Crippen LogP contribution in [0.1, 0.15) is 19.5 Å². The monoisotopic (exact) mass is 378 g/mol. The number of rotatable bonds is 8. The van der Waals surface area contributed by atoms with Crippen molar-refractivity contribution in [3.05, 3.63) is 29.3 Å². The van der Waals surface area contributed by atoms with E-state index in [0.29, 0.717) is 22.2 Å². The van der Waals surface area contributed by atoms with E-state index in [1.54, 1.807) is 39.5 Å². The Hall–Kier alpha value is -2.61. The highest BCUT2D eigenvalue weighted by Crippen LogP contribution is 2.38. The quantitative estimate of drug-likeness (QED) is 0.733. The van der Waals surface area contributed by atoms with Gasteiger partial charge in [0.1, 0.15) is 11.0 Å². The second-order valence-corrected chi connectivity index (χ2v) is 6.85. The van der Waals surface area contributed by atoms with Crippen LogP contribution >= 0.6 is 11.3 Å². The average Bonchev–Trinajstić information content (AvgIpc) is 3.06. The Morgan fingerprint density at radius 2 is 2.00 bits per heavy atom. The van der Waals surface area contributed by atoms with E-state index in [2.05, 4.69) is 10.3 Å². The summed E-state index contributed by atoms with van der Waals surface area (Å²) < 4.78 is 10.7. The van der Waals surface area contributed by atoms with E-state index in [4.69, 9.17) is 14.6 Å². The summed E-state index contributed by atoms with van der Waals surface area (Å²) in [6.07, 6.45) is 0.0132. The molecule has 1 heterocycles. The Labute approximate surface area is 156 Å². The van der Waals surface area contributed by atoms with Crippen molar-refractivity contribution >= 4 is 23.2 Å². The second-order valence-electron chi connectivity index (χ2n) is 5.99. The predicted octanol–water partition coefficient (Wildman–Crippen LogP) is 2.60. The van der Waals surface area contributed by atoms with Gasteiger partial charge in [-0.25, -0.2) is 9.78 Å². The molecule has 0 saturated carbocycles. The number of para-hydroxylation sites is 1. The zero-order valence-electron chi connectivity index (χ0n) is 15.1. The van der Waals surface area contributed by atoms with Crippen LogP contribution in [0.15, 0.2) is 23.6 Å². The summed E-state index contributed by atoms with van der Waals surface area (Å²) in [4.78, 5) is 27.8. The Morgan fingerprint density at radius 3 is 2.58 bits per heavy atom. The Morgan fingerprint density at radius 1 is 1.27 bits per heavy atom. The molecule has 1 unspecified atom stereocenters. The molecule has 26 heavy (non-hydrogen) atoms. The normalized spacial score (nSPS) is 11.9. The average molecular weight is 378 g/mol. The molecule has 8 heteroatoms. The molecule has 1 amide bonds. The van der Waals surface area contributed by atoms with Crippen molar-refractivity contribution in [1.82, 2.24) is 10.3 Å². The van der Waals surface area contributed by atoms with Gasteiger partial charge >= 0.3 is 5.97 Å². The summed E-state index contributed by atoms with van der Waals surface area (Å²) in [5.41, 5.74) is 1.34. The van der Waals surface area contributed by atoms with Gasteiger partial charge in [0, 0.05) is 5.38 Å². The van der Waals surface area contributed by atoms with Crippen molar-refractivity contribution in [2.24, 2.45) is 5.92 Å². The molecule has 0 aliphatic carbocycles. The third-order valence-corrected chi connectivity index (χ3v) is 4.70. The molecule has 2 rings (SSSR count). The number of nitrogens with zero attached hydrogens (tertiary/aromatic N) is 1. The van der Waals surface area contributed by atoms with Gasteiger partial charge in [0.05, 0.1) is 31.9 Å². The van der Waals surface area contributed by atoms with E-state index in [0.717, 1.165) is 5.56 Å². The first-order valence-corrected chi connectivity index (χ1v) is 8.93. The lowest BCUT2D eigenvalue weighted by Crippen LogP contribution is -2.44. The molecule has 0 aliphatic rings. The number of amides is 1. The summed E-state index contributed by atoms with van der Waals surface area (Å²) >= 11 is 1.38. The van der Waals surface area contributed by atoms with Crippen LogP contribution < -0.4 is 14.8 Å². The lowest BCUT2D eigenvalue weighted by atomic mass is 10.0. The van der Waals surface area contributed by atoms with Gasteiger partial charge in [-0.3, -0.25) is 4.79 Å². The molecule has 0 radical (unpaired) electrons. The van der Waals surface area contributed by atoms with E-state index in [9.17, 15) is 9.59 Å². The van der Waals surface area contributed by atoms with E-state index < -0.39 is 12.0 Å². The van der Waals surface area contributed by atoms with Gasteiger partial charge in [0.25, 0.3) is 0 Å². The number of thiazole rings is 1. The molecular formula is C18H22N2O5S. The minimum absolute atomic E-state index is 0.0132. The summed E-state index contributed by atoms with van der Waals surface area (Å²) in [5.74, 6) is -0.454. The molecule has 0 spiro atoms. The van der Waals surface area contributed by atoms with Crippen LogP contribution in [0.5, 0.6) is 11.5 Å². The molecule has 0 fully saturated rings. The molecule has 2 N–H and O–H groups in total. The highest BCUT2D eigenvalue weighted by atomic mass is 32.1. The smallest absolute Gasteiger partial charge is 0.326 e. The van der Waals surface area contributed by atoms with E-state index in [1.165, 1.54) is 11.3 Å². The zero-order valence-corrected chi connectivity index (χ0v) is 15.9. The van der Waals surface area contributed by atoms with E-state index in [-0.39, 0.29) is 18.2 Å². The summed E-state index contributed by atoms with van der Waals surface area (Å²) in [6, 6.07) is 4.58. The van der Waals surface area contributed by atoms with Gasteiger partial charge in [-0.05, 0) is 18.1 Å². The van der Waals surface area contributed by atoms with Crippen molar-refractivity contribution in [1.29, 1.82) is 0 Å². The number of carbonyl (C=O) groups is 2. The van der Waals surface area contributed by atoms with Crippen LogP contribution in [0, 0.1) is 5.92 Å². The van der Waals surface area contributed by atoms with Crippen LogP contribution in [-0.4, -0.2) is 42.2 Å². The van der Waals surface area contributed by atoms with Crippen LogP contribution in [0.3, 0.4) is 0 Å². The minimum Gasteiger partial charge on any atom is -0.493 e. The molecule has 140 valence electrons. The number of aromatic nitrogens is 1. The SMILES string of the molecule is COc1cccc(-c2nc(CC(=O)NC(C(=O)O)C(C)C)cs2)c1OC. The fourth-order valence-electron chi connectivity index (χ4n) is 2.47. The number of hydrogen-bond donors (Lipinski definition) is 2. The van der Waals surface area contributed by atoms with Crippen molar-refractivity contribution in [3.8, 4) is 22.1 Å². The number of ether oxygens (including phenoxy) is 2. The minimum atomic E-state index is -1.05. The summed E-state index contributed by atoms with van der Waals surface area (Å²) in [7, 11) is 3.12. The van der Waals surface area contributed by atoms with Gasteiger partial charge in [0.15, 0.2) is 11.5 Å². The molecule has 0 saturated heterocycles. The number of hydrogen-bond acceptors (Lipinski definition) is 6. The van der Waals surface area contributed by atoms with Crippen LogP contribution in [0.25, 0.3) is 10.6 Å². The third kappa shape index (κ3) is 4.51. The largest absolute Gasteiger partial charge is 0.493 e. The van der Waals surface area contributed by atoms with Crippen molar-refractivity contribution in [2.75, 3.05) is 14.2 Å². The number of carbonyl (C=O) groups excluding carboxylic acids is 1. The molecule has 1 aromatic heterocycles. The number of aliphatic carboxylic acids is 1. The van der Waals surface area contributed by atoms with E-state index in [1.807, 2.05) is 12.1 Å². The van der Waals surface area contributed by atoms with Crippen molar-refractivity contribution in [2.45, 2.75) is 26.3 Å². The van der Waals surface area contributed by atoms with Crippen LogP contribution in [0.2, 0.25) is 0 Å². The maximum Gasteiger partial charge on any atom is 0.326 e. The van der Waals surface area contributed by atoms with Gasteiger partial charge in [-0.15, -0.1) is 11.3 Å². The van der Waals surface area contributed by atoms with Gasteiger partial charge in [0.2, 0.25) is 5.91 Å². The topological polar surface area (TPSA) is 97.8 Å². The van der Waals surface area contributed by atoms with Crippen LogP contribution in [0.4, 0.5) is 0 Å². The first-order valence-electron chi connectivity index (χ1n) is 8.05. The molecule has 1 atom stereocenters. The number of nitrogens with one attached hydrogen (secondary N) is 1. The fourth-order valence-corrected chi connectivity index (χ4v) is 3.31. The van der Waals surface area contributed by atoms with Gasteiger partial charge in [-0.2, -0.15) is 0 Å². The number of carboxylic acid groups (broad SMARTS) is 1. The Bertz CT molecular complexity index is 788. The molecule has 1 aromatic carbocycles.